The minimum Gasteiger partial charge on any atom is -0.462 e. The molecule has 0 fully saturated rings. The van der Waals surface area contributed by atoms with E-state index >= 15 is 0 Å². The minimum atomic E-state index is -0.769. The second-order valence-electron chi connectivity index (χ2n) is 16.7. The number of esters is 3. The van der Waals surface area contributed by atoms with Gasteiger partial charge in [0.25, 0.3) is 0 Å². The molecular formula is C51H94O6. The molecule has 0 heterocycles. The summed E-state index contributed by atoms with van der Waals surface area (Å²) in [7, 11) is 0. The molecule has 0 saturated carbocycles. The first-order valence-electron chi connectivity index (χ1n) is 24.8. The molecule has 57 heavy (non-hydrogen) atoms. The lowest BCUT2D eigenvalue weighted by atomic mass is 10.0. The van der Waals surface area contributed by atoms with Crippen LogP contribution in [0.4, 0.5) is 0 Å². The zero-order chi connectivity index (χ0) is 41.5. The van der Waals surface area contributed by atoms with Gasteiger partial charge in [-0.3, -0.25) is 14.4 Å². The quantitative estimate of drug-likeness (QED) is 0.0264. The van der Waals surface area contributed by atoms with Crippen molar-refractivity contribution in [3.05, 3.63) is 24.3 Å². The molecular weight excluding hydrogens is 709 g/mol. The van der Waals surface area contributed by atoms with Crippen LogP contribution in [0, 0.1) is 0 Å². The van der Waals surface area contributed by atoms with E-state index in [1.807, 2.05) is 0 Å². The van der Waals surface area contributed by atoms with E-state index in [4.69, 9.17) is 14.2 Å². The summed E-state index contributed by atoms with van der Waals surface area (Å²) < 4.78 is 16.7. The Morgan fingerprint density at radius 2 is 0.632 bits per heavy atom. The van der Waals surface area contributed by atoms with Crippen LogP contribution >= 0.6 is 0 Å². The van der Waals surface area contributed by atoms with E-state index in [0.717, 1.165) is 77.0 Å². The molecule has 0 aromatic carbocycles. The van der Waals surface area contributed by atoms with Gasteiger partial charge >= 0.3 is 17.9 Å². The second-order valence-corrected chi connectivity index (χ2v) is 16.7. The largest absolute Gasteiger partial charge is 0.462 e. The lowest BCUT2D eigenvalue weighted by Gasteiger charge is -2.18. The molecule has 0 bridgehead atoms. The predicted octanol–water partition coefficient (Wildman–Crippen LogP) is 16.0. The lowest BCUT2D eigenvalue weighted by Crippen LogP contribution is -2.30. The maximum absolute atomic E-state index is 12.8. The van der Waals surface area contributed by atoms with Crippen molar-refractivity contribution in [1.82, 2.24) is 0 Å². The molecule has 0 spiro atoms. The first kappa shape index (κ1) is 54.9. The number of unbranched alkanes of at least 4 members (excludes halogenated alkanes) is 30. The van der Waals surface area contributed by atoms with Crippen molar-refractivity contribution >= 4 is 17.9 Å². The highest BCUT2D eigenvalue weighted by atomic mass is 16.6. The van der Waals surface area contributed by atoms with Crippen LogP contribution < -0.4 is 0 Å². The number of ether oxygens (including phenoxy) is 3. The second kappa shape index (κ2) is 46.6. The number of carbonyl (C=O) groups excluding carboxylic acids is 3. The first-order chi connectivity index (χ1) is 28.0. The molecule has 6 heteroatoms. The predicted molar refractivity (Wildman–Crippen MR) is 243 cm³/mol. The highest BCUT2D eigenvalue weighted by Gasteiger charge is 2.19. The standard InChI is InChI=1S/C51H94O6/c1-4-7-10-13-16-19-21-23-25-27-29-32-35-38-41-44-50(53)56-47-48(46-55-49(52)43-40-37-34-31-18-15-12-9-6-3)57-51(54)45-42-39-36-33-30-28-26-24-22-20-17-14-11-8-5-2/h16,19,23,25,48H,4-15,17-18,20-22,24,26-47H2,1-3H3/b19-16-,25-23-/t48-/m1/s1. The minimum absolute atomic E-state index is 0.0716. The van der Waals surface area contributed by atoms with E-state index < -0.39 is 6.10 Å². The molecule has 0 unspecified atom stereocenters. The van der Waals surface area contributed by atoms with Crippen molar-refractivity contribution in [3.8, 4) is 0 Å². The molecule has 0 aliphatic carbocycles. The Balaban J connectivity index is 4.33. The first-order valence-corrected chi connectivity index (χ1v) is 24.8. The lowest BCUT2D eigenvalue weighted by molar-refractivity contribution is -0.167. The normalized spacial score (nSPS) is 12.1. The number of carbonyl (C=O) groups is 3. The number of allylic oxidation sites excluding steroid dienone is 4. The fourth-order valence-corrected chi connectivity index (χ4v) is 7.18. The van der Waals surface area contributed by atoms with E-state index in [2.05, 4.69) is 45.1 Å². The van der Waals surface area contributed by atoms with Gasteiger partial charge < -0.3 is 14.2 Å². The van der Waals surface area contributed by atoms with E-state index in [-0.39, 0.29) is 31.1 Å². The highest BCUT2D eigenvalue weighted by Crippen LogP contribution is 2.15. The van der Waals surface area contributed by atoms with Crippen molar-refractivity contribution in [1.29, 1.82) is 0 Å². The summed E-state index contributed by atoms with van der Waals surface area (Å²) in [5.41, 5.74) is 0. The van der Waals surface area contributed by atoms with Gasteiger partial charge in [0.2, 0.25) is 0 Å². The van der Waals surface area contributed by atoms with E-state index in [1.54, 1.807) is 0 Å². The third-order valence-electron chi connectivity index (χ3n) is 11.0. The average Bonchev–Trinajstić information content (AvgIpc) is 3.21. The molecule has 6 nitrogen and oxygen atoms in total. The molecule has 0 radical (unpaired) electrons. The third-order valence-corrected chi connectivity index (χ3v) is 11.0. The molecule has 0 aromatic heterocycles. The molecule has 0 aliphatic rings. The van der Waals surface area contributed by atoms with Crippen LogP contribution in [0.2, 0.25) is 0 Å². The Kier molecular flexibility index (Phi) is 44.9. The topological polar surface area (TPSA) is 78.9 Å². The molecule has 334 valence electrons. The Labute approximate surface area is 353 Å². The fraction of sp³-hybridized carbons (Fsp3) is 0.863. The van der Waals surface area contributed by atoms with Gasteiger partial charge in [-0.05, 0) is 51.4 Å². The Morgan fingerprint density at radius 1 is 0.351 bits per heavy atom. The van der Waals surface area contributed by atoms with Gasteiger partial charge in [0, 0.05) is 19.3 Å². The SMILES string of the molecule is CCCCC/C=C\C/C=C\CCCCCCCC(=O)OC[C@@H](COC(=O)CCCCCCCCCCC)OC(=O)CCCCCCCCCCCCCCCCC. The molecule has 0 aromatic rings. The summed E-state index contributed by atoms with van der Waals surface area (Å²) in [5, 5.41) is 0. The maximum atomic E-state index is 12.8. The number of hydrogen-bond donors (Lipinski definition) is 0. The summed E-state index contributed by atoms with van der Waals surface area (Å²) in [5.74, 6) is -0.877. The van der Waals surface area contributed by atoms with Crippen LogP contribution in [0.1, 0.15) is 265 Å². The number of hydrogen-bond acceptors (Lipinski definition) is 6. The van der Waals surface area contributed by atoms with Gasteiger partial charge in [-0.1, -0.05) is 218 Å². The van der Waals surface area contributed by atoms with Crippen molar-refractivity contribution in [2.24, 2.45) is 0 Å². The van der Waals surface area contributed by atoms with E-state index in [9.17, 15) is 14.4 Å². The van der Waals surface area contributed by atoms with Gasteiger partial charge in [-0.25, -0.2) is 0 Å². The van der Waals surface area contributed by atoms with Gasteiger partial charge in [-0.2, -0.15) is 0 Å². The van der Waals surface area contributed by atoms with Crippen LogP contribution in [0.5, 0.6) is 0 Å². The van der Waals surface area contributed by atoms with Gasteiger partial charge in [-0.15, -0.1) is 0 Å². The Bertz CT molecular complexity index is 927. The molecule has 1 atom stereocenters. The van der Waals surface area contributed by atoms with Crippen molar-refractivity contribution in [2.75, 3.05) is 13.2 Å². The van der Waals surface area contributed by atoms with Gasteiger partial charge in [0.05, 0.1) is 0 Å². The average molecular weight is 803 g/mol. The zero-order valence-electron chi connectivity index (χ0n) is 38.1. The monoisotopic (exact) mass is 803 g/mol. The maximum Gasteiger partial charge on any atom is 0.306 e. The molecule has 0 amide bonds. The van der Waals surface area contributed by atoms with Crippen molar-refractivity contribution < 1.29 is 28.6 Å². The summed E-state index contributed by atoms with van der Waals surface area (Å²) in [6, 6.07) is 0. The van der Waals surface area contributed by atoms with E-state index in [0.29, 0.717) is 19.3 Å². The summed E-state index contributed by atoms with van der Waals surface area (Å²) in [6.07, 6.45) is 51.6. The smallest absolute Gasteiger partial charge is 0.306 e. The molecule has 0 saturated heterocycles. The Morgan fingerprint density at radius 3 is 1.00 bits per heavy atom. The molecule has 0 rings (SSSR count). The van der Waals surface area contributed by atoms with E-state index in [1.165, 1.54) is 148 Å². The summed E-state index contributed by atoms with van der Waals surface area (Å²) >= 11 is 0. The van der Waals surface area contributed by atoms with Crippen LogP contribution in [0.15, 0.2) is 24.3 Å². The van der Waals surface area contributed by atoms with Crippen LogP contribution in [-0.4, -0.2) is 37.2 Å². The van der Waals surface area contributed by atoms with Crippen LogP contribution in [0.25, 0.3) is 0 Å². The zero-order valence-corrected chi connectivity index (χ0v) is 38.1. The highest BCUT2D eigenvalue weighted by molar-refractivity contribution is 5.71. The molecule has 0 N–H and O–H groups in total. The fourth-order valence-electron chi connectivity index (χ4n) is 7.18. The van der Waals surface area contributed by atoms with Crippen LogP contribution in [0.3, 0.4) is 0 Å². The van der Waals surface area contributed by atoms with Gasteiger partial charge in [0.15, 0.2) is 6.10 Å². The van der Waals surface area contributed by atoms with Crippen LogP contribution in [-0.2, 0) is 28.6 Å². The third kappa shape index (κ3) is 44.8. The molecule has 0 aliphatic heterocycles. The summed E-state index contributed by atoms with van der Waals surface area (Å²) in [4.78, 5) is 37.8. The summed E-state index contributed by atoms with van der Waals surface area (Å²) in [6.45, 7) is 6.60. The van der Waals surface area contributed by atoms with Gasteiger partial charge in [0.1, 0.15) is 13.2 Å². The number of rotatable bonds is 45. The van der Waals surface area contributed by atoms with Crippen molar-refractivity contribution in [2.45, 2.75) is 271 Å². The Hall–Kier alpha value is -2.11. The van der Waals surface area contributed by atoms with Crippen molar-refractivity contribution in [3.63, 3.8) is 0 Å².